The largest absolute Gasteiger partial charge is 0.391 e. The predicted octanol–water partition coefficient (Wildman–Crippen LogP) is 3.30. The monoisotopic (exact) mass is 325 g/mol. The second-order valence-corrected chi connectivity index (χ2v) is 5.31. The number of halogens is 3. The van der Waals surface area contributed by atoms with Crippen LogP contribution in [0.2, 0.25) is 5.02 Å². The molecule has 1 aromatic carbocycles. The number of aliphatic hydroxyl groups is 1. The Kier molecular flexibility index (Phi) is 5.08. The average Bonchev–Trinajstić information content (AvgIpc) is 2.99. The highest BCUT2D eigenvalue weighted by atomic mass is 79.9. The summed E-state index contributed by atoms with van der Waals surface area (Å²) in [5, 5.41) is 10.6. The van der Waals surface area contributed by atoms with E-state index in [1.54, 1.807) is 12.1 Å². The van der Waals surface area contributed by atoms with E-state index in [1.165, 1.54) is 0 Å². The Morgan fingerprint density at radius 3 is 2.56 bits per heavy atom. The van der Waals surface area contributed by atoms with Crippen LogP contribution >= 0.6 is 39.9 Å². The maximum Gasteiger partial charge on any atom is 0.0761 e. The van der Waals surface area contributed by atoms with Crippen LogP contribution in [-0.4, -0.2) is 11.2 Å². The van der Waals surface area contributed by atoms with Gasteiger partial charge in [-0.25, -0.2) is 0 Å². The van der Waals surface area contributed by atoms with Crippen LogP contribution in [0.5, 0.6) is 0 Å². The fraction of sp³-hybridized carbons (Fsp3) is 0.455. The number of aliphatic hydroxyl groups excluding tert-OH is 1. The molecule has 0 aromatic heterocycles. The normalized spacial score (nSPS) is 18.8. The second-order valence-electron chi connectivity index (χ2n) is 4.02. The second kappa shape index (κ2) is 5.69. The zero-order chi connectivity index (χ0) is 11.0. The Balaban J connectivity index is 0.00000128. The molecule has 0 saturated heterocycles. The highest BCUT2D eigenvalue weighted by Gasteiger charge is 2.34. The lowest BCUT2D eigenvalue weighted by Crippen LogP contribution is -2.28. The first-order chi connectivity index (χ1) is 7.09. The van der Waals surface area contributed by atoms with Crippen LogP contribution < -0.4 is 5.73 Å². The first-order valence-corrected chi connectivity index (χ1v) is 6.15. The van der Waals surface area contributed by atoms with Crippen LogP contribution in [0.3, 0.4) is 0 Å². The van der Waals surface area contributed by atoms with Gasteiger partial charge < -0.3 is 10.8 Å². The summed E-state index contributed by atoms with van der Waals surface area (Å²) < 4.78 is 0.863. The first kappa shape index (κ1) is 14.3. The lowest BCUT2D eigenvalue weighted by atomic mass is 9.99. The van der Waals surface area contributed by atoms with Gasteiger partial charge in [0.2, 0.25) is 0 Å². The number of rotatable bonds is 3. The molecule has 0 bridgehead atoms. The minimum Gasteiger partial charge on any atom is -0.391 e. The summed E-state index contributed by atoms with van der Waals surface area (Å²) in [6.07, 6.45) is 1.72. The molecule has 1 saturated carbocycles. The number of benzene rings is 1. The molecule has 16 heavy (non-hydrogen) atoms. The van der Waals surface area contributed by atoms with E-state index in [4.69, 9.17) is 17.3 Å². The third kappa shape index (κ3) is 3.11. The summed E-state index contributed by atoms with van der Waals surface area (Å²) in [7, 11) is 0. The molecule has 0 amide bonds. The smallest absolute Gasteiger partial charge is 0.0761 e. The average molecular weight is 327 g/mol. The molecule has 90 valence electrons. The third-order valence-electron chi connectivity index (χ3n) is 2.79. The van der Waals surface area contributed by atoms with Crippen molar-refractivity contribution in [2.75, 3.05) is 0 Å². The fourth-order valence-corrected chi connectivity index (χ4v) is 2.63. The summed E-state index contributed by atoms with van der Waals surface area (Å²) in [6.45, 7) is 0. The molecule has 0 aliphatic heterocycles. The van der Waals surface area contributed by atoms with Gasteiger partial charge in [0.1, 0.15) is 0 Å². The number of nitrogens with two attached hydrogens (primary N) is 1. The molecule has 1 aliphatic carbocycles. The number of hydrogen-bond acceptors (Lipinski definition) is 2. The van der Waals surface area contributed by atoms with Gasteiger partial charge in [0.05, 0.1) is 12.1 Å². The van der Waals surface area contributed by atoms with Crippen molar-refractivity contribution in [2.45, 2.75) is 25.0 Å². The van der Waals surface area contributed by atoms with Crippen molar-refractivity contribution in [2.24, 2.45) is 11.7 Å². The van der Waals surface area contributed by atoms with Crippen LogP contribution in [-0.2, 0) is 0 Å². The van der Waals surface area contributed by atoms with Crippen molar-refractivity contribution in [1.82, 2.24) is 0 Å². The van der Waals surface area contributed by atoms with E-state index in [0.29, 0.717) is 10.9 Å². The molecule has 1 aromatic rings. The van der Waals surface area contributed by atoms with Gasteiger partial charge in [-0.3, -0.25) is 0 Å². The lowest BCUT2D eigenvalue weighted by Gasteiger charge is -2.20. The number of hydrogen-bond donors (Lipinski definition) is 2. The van der Waals surface area contributed by atoms with Crippen LogP contribution in [0.1, 0.15) is 24.4 Å². The molecule has 3 N–H and O–H groups in total. The van der Waals surface area contributed by atoms with Gasteiger partial charge in [0.25, 0.3) is 0 Å². The Morgan fingerprint density at radius 2 is 2.06 bits per heavy atom. The van der Waals surface area contributed by atoms with E-state index in [0.717, 1.165) is 22.9 Å². The van der Waals surface area contributed by atoms with E-state index < -0.39 is 6.10 Å². The maximum absolute atomic E-state index is 9.93. The molecule has 0 radical (unpaired) electrons. The van der Waals surface area contributed by atoms with Crippen LogP contribution in [0, 0.1) is 5.92 Å². The molecule has 0 heterocycles. The highest BCUT2D eigenvalue weighted by molar-refractivity contribution is 9.10. The summed E-state index contributed by atoms with van der Waals surface area (Å²) in [6, 6.07) is 5.13. The van der Waals surface area contributed by atoms with Gasteiger partial charge in [-0.2, -0.15) is 0 Å². The Labute approximate surface area is 115 Å². The zero-order valence-corrected chi connectivity index (χ0v) is 11.7. The molecule has 0 unspecified atom stereocenters. The zero-order valence-electron chi connectivity index (χ0n) is 8.57. The quantitative estimate of drug-likeness (QED) is 0.895. The SMILES string of the molecule is Cl.N[C@@H](c1ccc(Cl)cc1Br)[C@H](O)C1CC1. The lowest BCUT2D eigenvalue weighted by molar-refractivity contribution is 0.122. The van der Waals surface area contributed by atoms with E-state index in [-0.39, 0.29) is 18.4 Å². The molecular formula is C11H14BrCl2NO. The Morgan fingerprint density at radius 1 is 1.44 bits per heavy atom. The van der Waals surface area contributed by atoms with E-state index in [1.807, 2.05) is 6.07 Å². The van der Waals surface area contributed by atoms with Crippen LogP contribution in [0.25, 0.3) is 0 Å². The van der Waals surface area contributed by atoms with Crippen molar-refractivity contribution < 1.29 is 5.11 Å². The molecule has 1 fully saturated rings. The van der Waals surface area contributed by atoms with Crippen LogP contribution in [0.4, 0.5) is 0 Å². The molecule has 5 heteroatoms. The summed E-state index contributed by atoms with van der Waals surface area (Å²) in [4.78, 5) is 0. The van der Waals surface area contributed by atoms with Crippen molar-refractivity contribution in [1.29, 1.82) is 0 Å². The van der Waals surface area contributed by atoms with Gasteiger partial charge >= 0.3 is 0 Å². The summed E-state index contributed by atoms with van der Waals surface area (Å²) in [5.41, 5.74) is 6.92. The fourth-order valence-electron chi connectivity index (χ4n) is 1.69. The van der Waals surface area contributed by atoms with Gasteiger partial charge in [-0.15, -0.1) is 12.4 Å². The third-order valence-corrected chi connectivity index (χ3v) is 3.72. The molecular weight excluding hydrogens is 313 g/mol. The van der Waals surface area contributed by atoms with Gasteiger partial charge in [-0.05, 0) is 36.5 Å². The van der Waals surface area contributed by atoms with Crippen molar-refractivity contribution in [3.63, 3.8) is 0 Å². The topological polar surface area (TPSA) is 46.2 Å². The molecule has 2 nitrogen and oxygen atoms in total. The van der Waals surface area contributed by atoms with Crippen LogP contribution in [0.15, 0.2) is 22.7 Å². The standard InChI is InChI=1S/C11H13BrClNO.ClH/c12-9-5-7(13)3-4-8(9)10(14)11(15)6-1-2-6;/h3-6,10-11,15H,1-2,14H2;1H/t10-,11+;/m0./s1. The van der Waals surface area contributed by atoms with Crippen molar-refractivity contribution >= 4 is 39.9 Å². The molecule has 1 aliphatic rings. The molecule has 2 rings (SSSR count). The maximum atomic E-state index is 9.93. The van der Waals surface area contributed by atoms with Gasteiger partial charge in [-0.1, -0.05) is 33.6 Å². The molecule has 0 spiro atoms. The first-order valence-electron chi connectivity index (χ1n) is 4.98. The minimum atomic E-state index is -0.442. The Hall–Kier alpha value is 0.200. The highest BCUT2D eigenvalue weighted by Crippen LogP contribution is 2.38. The molecule has 2 atom stereocenters. The minimum absolute atomic E-state index is 0. The van der Waals surface area contributed by atoms with E-state index in [2.05, 4.69) is 15.9 Å². The van der Waals surface area contributed by atoms with E-state index >= 15 is 0 Å². The van der Waals surface area contributed by atoms with Crippen molar-refractivity contribution in [3.05, 3.63) is 33.3 Å². The van der Waals surface area contributed by atoms with Gasteiger partial charge in [0.15, 0.2) is 0 Å². The van der Waals surface area contributed by atoms with Crippen molar-refractivity contribution in [3.8, 4) is 0 Å². The Bertz CT molecular complexity index is 371. The summed E-state index contributed by atoms with van der Waals surface area (Å²) >= 11 is 9.25. The predicted molar refractivity (Wildman–Crippen MR) is 72.1 cm³/mol. The van der Waals surface area contributed by atoms with Gasteiger partial charge in [0, 0.05) is 9.50 Å². The van der Waals surface area contributed by atoms with E-state index in [9.17, 15) is 5.11 Å². The summed E-state index contributed by atoms with van der Waals surface area (Å²) in [5.74, 6) is 0.377.